The van der Waals surface area contributed by atoms with Gasteiger partial charge >= 0.3 is 0 Å². The third-order valence-corrected chi connectivity index (χ3v) is 6.04. The predicted octanol–water partition coefficient (Wildman–Crippen LogP) is 1.51. The van der Waals surface area contributed by atoms with Crippen LogP contribution < -0.4 is 4.90 Å². The number of thioether (sulfide) groups is 1. The minimum Gasteiger partial charge on any atom is -0.308 e. The third-order valence-electron chi connectivity index (χ3n) is 3.89. The number of rotatable bonds is 4. The van der Waals surface area contributed by atoms with Gasteiger partial charge in [0.2, 0.25) is 0 Å². The van der Waals surface area contributed by atoms with Gasteiger partial charge in [-0.25, -0.2) is 0 Å². The molecule has 3 rings (SSSR count). The third kappa shape index (κ3) is 3.22. The maximum atomic E-state index is 12.8. The van der Waals surface area contributed by atoms with Crippen LogP contribution in [0.4, 0.5) is 5.69 Å². The van der Waals surface area contributed by atoms with Crippen LogP contribution in [0.1, 0.15) is 12.5 Å². The lowest BCUT2D eigenvalue weighted by Gasteiger charge is -2.13. The topological polar surface area (TPSA) is 95.0 Å². The van der Waals surface area contributed by atoms with Crippen LogP contribution in [-0.2, 0) is 19.7 Å². The van der Waals surface area contributed by atoms with Gasteiger partial charge in [0.15, 0.2) is 0 Å². The number of benzene rings is 1. The summed E-state index contributed by atoms with van der Waals surface area (Å²) in [5.41, 5.74) is 1.67. The molecule has 132 valence electrons. The second kappa shape index (κ2) is 6.52. The molecule has 0 radical (unpaired) electrons. The molecule has 10 heteroatoms. The molecule has 1 N–H and O–H groups in total. The molecule has 2 heterocycles. The molecule has 1 fully saturated rings. The molecular formula is C15H14N2O5S3. The van der Waals surface area contributed by atoms with Crippen molar-refractivity contribution >= 4 is 61.5 Å². The minimum atomic E-state index is -4.22. The van der Waals surface area contributed by atoms with Gasteiger partial charge in [-0.15, -0.1) is 0 Å². The second-order valence-electron chi connectivity index (χ2n) is 5.38. The summed E-state index contributed by atoms with van der Waals surface area (Å²) in [6.45, 7) is 2.05. The van der Waals surface area contributed by atoms with E-state index in [1.54, 1.807) is 17.0 Å². The number of para-hydroxylation sites is 1. The standard InChI is InChI=1S/C15H14N2O5S3/c1-2-16-10-6-4-3-5-9(10)11(13(16)18)12-14(19)17(15(23)24-12)7-8-25(20,21)22/h3-6H,2,7-8H2,1H3,(H,20,21,22). The van der Waals surface area contributed by atoms with Gasteiger partial charge in [-0.3, -0.25) is 19.0 Å². The van der Waals surface area contributed by atoms with E-state index in [0.29, 0.717) is 12.1 Å². The van der Waals surface area contributed by atoms with E-state index in [-0.39, 0.29) is 27.3 Å². The molecule has 2 aliphatic rings. The fourth-order valence-electron chi connectivity index (χ4n) is 2.76. The van der Waals surface area contributed by atoms with E-state index in [9.17, 15) is 18.0 Å². The first-order chi connectivity index (χ1) is 11.7. The smallest absolute Gasteiger partial charge is 0.267 e. The highest BCUT2D eigenvalue weighted by molar-refractivity contribution is 8.26. The van der Waals surface area contributed by atoms with Crippen molar-refractivity contribution in [2.45, 2.75) is 6.92 Å². The summed E-state index contributed by atoms with van der Waals surface area (Å²) in [4.78, 5) is 28.3. The Hall–Kier alpha value is -1.75. The van der Waals surface area contributed by atoms with Crippen LogP contribution in [0.15, 0.2) is 29.2 Å². The fourth-order valence-corrected chi connectivity index (χ4v) is 4.56. The number of anilines is 1. The summed E-state index contributed by atoms with van der Waals surface area (Å²) in [5.74, 6) is -1.41. The number of hydrogen-bond donors (Lipinski definition) is 1. The van der Waals surface area contributed by atoms with Gasteiger partial charge in [-0.2, -0.15) is 8.42 Å². The number of fused-ring (bicyclic) bond motifs is 1. The van der Waals surface area contributed by atoms with Crippen molar-refractivity contribution in [1.29, 1.82) is 0 Å². The van der Waals surface area contributed by atoms with Crippen LogP contribution in [0.5, 0.6) is 0 Å². The average Bonchev–Trinajstić information content (AvgIpc) is 2.97. The van der Waals surface area contributed by atoms with Gasteiger partial charge in [-0.1, -0.05) is 42.2 Å². The lowest BCUT2D eigenvalue weighted by molar-refractivity contribution is -0.122. The first-order valence-corrected chi connectivity index (χ1v) is 10.2. The van der Waals surface area contributed by atoms with E-state index in [4.69, 9.17) is 16.8 Å². The van der Waals surface area contributed by atoms with E-state index in [1.165, 1.54) is 0 Å². The monoisotopic (exact) mass is 398 g/mol. The van der Waals surface area contributed by atoms with Gasteiger partial charge in [-0.05, 0) is 13.0 Å². The molecule has 1 aromatic rings. The molecule has 0 aliphatic carbocycles. The van der Waals surface area contributed by atoms with Crippen LogP contribution >= 0.6 is 24.0 Å². The van der Waals surface area contributed by atoms with Crippen LogP contribution in [0.2, 0.25) is 0 Å². The number of hydrogen-bond acceptors (Lipinski definition) is 6. The van der Waals surface area contributed by atoms with Crippen LogP contribution in [0, 0.1) is 0 Å². The number of carbonyl (C=O) groups is 2. The molecule has 1 aromatic carbocycles. The molecule has 0 spiro atoms. The quantitative estimate of drug-likeness (QED) is 0.467. The van der Waals surface area contributed by atoms with Gasteiger partial charge in [0, 0.05) is 18.7 Å². The lowest BCUT2D eigenvalue weighted by atomic mass is 10.1. The highest BCUT2D eigenvalue weighted by Crippen LogP contribution is 2.44. The molecule has 0 bridgehead atoms. The van der Waals surface area contributed by atoms with Crippen molar-refractivity contribution in [3.63, 3.8) is 0 Å². The Morgan fingerprint density at radius 1 is 1.16 bits per heavy atom. The van der Waals surface area contributed by atoms with Crippen LogP contribution in [-0.4, -0.2) is 52.8 Å². The Morgan fingerprint density at radius 2 is 1.84 bits per heavy atom. The van der Waals surface area contributed by atoms with Gasteiger partial charge < -0.3 is 4.90 Å². The van der Waals surface area contributed by atoms with Crippen molar-refractivity contribution < 1.29 is 22.6 Å². The molecular weight excluding hydrogens is 384 g/mol. The maximum Gasteiger partial charge on any atom is 0.267 e. The number of thiocarbonyl (C=S) groups is 1. The SMILES string of the molecule is CCN1C(=O)C(=C2SC(=S)N(CCS(=O)(=O)O)C2=O)c2ccccc21. The Balaban J connectivity index is 2.02. The number of carbonyl (C=O) groups excluding carboxylic acids is 2. The minimum absolute atomic E-state index is 0.163. The Labute approximate surface area is 154 Å². The predicted molar refractivity (Wildman–Crippen MR) is 99.7 cm³/mol. The zero-order valence-corrected chi connectivity index (χ0v) is 15.6. The lowest BCUT2D eigenvalue weighted by Crippen LogP contribution is -2.33. The molecule has 0 atom stereocenters. The highest BCUT2D eigenvalue weighted by Gasteiger charge is 2.41. The van der Waals surface area contributed by atoms with E-state index in [2.05, 4.69) is 0 Å². The zero-order chi connectivity index (χ0) is 18.4. The summed E-state index contributed by atoms with van der Waals surface area (Å²) >= 11 is 6.12. The van der Waals surface area contributed by atoms with Crippen LogP contribution in [0.3, 0.4) is 0 Å². The van der Waals surface area contributed by atoms with E-state index in [1.807, 2.05) is 19.1 Å². The van der Waals surface area contributed by atoms with E-state index >= 15 is 0 Å². The van der Waals surface area contributed by atoms with Crippen molar-refractivity contribution in [3.05, 3.63) is 34.7 Å². The summed E-state index contributed by atoms with van der Waals surface area (Å²) in [6, 6.07) is 7.17. The van der Waals surface area contributed by atoms with E-state index in [0.717, 1.165) is 22.3 Å². The zero-order valence-electron chi connectivity index (χ0n) is 13.1. The van der Waals surface area contributed by atoms with Gasteiger partial charge in [0.1, 0.15) is 4.32 Å². The first kappa shape index (κ1) is 18.1. The summed E-state index contributed by atoms with van der Waals surface area (Å²) in [7, 11) is -4.22. The molecule has 25 heavy (non-hydrogen) atoms. The van der Waals surface area contributed by atoms with Crippen molar-refractivity contribution in [1.82, 2.24) is 4.90 Å². The van der Waals surface area contributed by atoms with Crippen molar-refractivity contribution in [3.8, 4) is 0 Å². The Bertz CT molecular complexity index is 923. The van der Waals surface area contributed by atoms with Crippen molar-refractivity contribution in [2.75, 3.05) is 23.7 Å². The van der Waals surface area contributed by atoms with E-state index < -0.39 is 21.8 Å². The number of nitrogens with zero attached hydrogens (tertiary/aromatic N) is 2. The summed E-state index contributed by atoms with van der Waals surface area (Å²) < 4.78 is 30.9. The molecule has 2 aliphatic heterocycles. The average molecular weight is 398 g/mol. The van der Waals surface area contributed by atoms with Crippen molar-refractivity contribution in [2.24, 2.45) is 0 Å². The highest BCUT2D eigenvalue weighted by atomic mass is 32.2. The molecule has 0 aromatic heterocycles. The second-order valence-corrected chi connectivity index (χ2v) is 8.60. The largest absolute Gasteiger partial charge is 0.308 e. The summed E-state index contributed by atoms with van der Waals surface area (Å²) in [5, 5.41) is 0. The molecule has 7 nitrogen and oxygen atoms in total. The summed E-state index contributed by atoms with van der Waals surface area (Å²) in [6.07, 6.45) is 0. The molecule has 1 saturated heterocycles. The Kier molecular flexibility index (Phi) is 4.71. The fraction of sp³-hybridized carbons (Fsp3) is 0.267. The number of amides is 2. The molecule has 0 unspecified atom stereocenters. The normalized spacial score (nSPS) is 20.6. The maximum absolute atomic E-state index is 12.8. The number of likely N-dealkylation sites (N-methyl/N-ethyl adjacent to an activating group) is 1. The van der Waals surface area contributed by atoms with Gasteiger partial charge in [0.25, 0.3) is 21.9 Å². The van der Waals surface area contributed by atoms with Gasteiger partial charge in [0.05, 0.1) is 21.9 Å². The Morgan fingerprint density at radius 3 is 2.48 bits per heavy atom. The molecule has 0 saturated carbocycles. The van der Waals surface area contributed by atoms with Crippen LogP contribution in [0.25, 0.3) is 5.57 Å². The molecule has 2 amide bonds. The first-order valence-electron chi connectivity index (χ1n) is 7.39.